The van der Waals surface area contributed by atoms with Crippen LogP contribution >= 0.6 is 0 Å². The van der Waals surface area contributed by atoms with E-state index in [1.54, 1.807) is 0 Å². The normalized spacial score (nSPS) is 21.4. The summed E-state index contributed by atoms with van der Waals surface area (Å²) in [6.07, 6.45) is 2.22. The summed E-state index contributed by atoms with van der Waals surface area (Å²) < 4.78 is 16.6. The maximum Gasteiger partial charge on any atom is 0.159 e. The summed E-state index contributed by atoms with van der Waals surface area (Å²) in [7, 11) is 0. The quantitative estimate of drug-likeness (QED) is 0.619. The summed E-state index contributed by atoms with van der Waals surface area (Å²) in [5.74, 6) is 0. The number of ether oxygens (including phenoxy) is 3. The standard InChI is InChI=1S/C11H23NO3/c1-3-13-11(14-4-2)6-8-15-10-5-7-12-9-10/h10-12H,3-9H2,1-2H3. The zero-order valence-corrected chi connectivity index (χ0v) is 9.83. The summed E-state index contributed by atoms with van der Waals surface area (Å²) in [4.78, 5) is 0. The van der Waals surface area contributed by atoms with Gasteiger partial charge in [0.05, 0.1) is 12.7 Å². The van der Waals surface area contributed by atoms with Gasteiger partial charge in [0.25, 0.3) is 0 Å². The average Bonchev–Trinajstić information content (AvgIpc) is 2.71. The third-order valence-electron chi connectivity index (χ3n) is 2.43. The molecule has 1 unspecified atom stereocenters. The lowest BCUT2D eigenvalue weighted by Gasteiger charge is -2.18. The van der Waals surface area contributed by atoms with Crippen LogP contribution in [0.25, 0.3) is 0 Å². The summed E-state index contributed by atoms with van der Waals surface area (Å²) in [5, 5.41) is 3.27. The second kappa shape index (κ2) is 8.05. The third kappa shape index (κ3) is 5.47. The molecule has 1 N–H and O–H groups in total. The maximum atomic E-state index is 5.70. The van der Waals surface area contributed by atoms with E-state index >= 15 is 0 Å². The van der Waals surface area contributed by atoms with Gasteiger partial charge in [-0.2, -0.15) is 0 Å². The van der Waals surface area contributed by atoms with Crippen molar-refractivity contribution in [3.8, 4) is 0 Å². The zero-order chi connectivity index (χ0) is 10.9. The Hall–Kier alpha value is -0.160. The van der Waals surface area contributed by atoms with E-state index in [9.17, 15) is 0 Å². The molecule has 1 fully saturated rings. The van der Waals surface area contributed by atoms with Crippen molar-refractivity contribution in [3.63, 3.8) is 0 Å². The Kier molecular flexibility index (Phi) is 6.92. The van der Waals surface area contributed by atoms with Crippen LogP contribution in [0.15, 0.2) is 0 Å². The van der Waals surface area contributed by atoms with Crippen molar-refractivity contribution in [3.05, 3.63) is 0 Å². The molecule has 0 spiro atoms. The molecule has 4 heteroatoms. The summed E-state index contributed by atoms with van der Waals surface area (Å²) in [5.41, 5.74) is 0. The first-order valence-electron chi connectivity index (χ1n) is 5.92. The zero-order valence-electron chi connectivity index (χ0n) is 9.83. The van der Waals surface area contributed by atoms with Gasteiger partial charge in [-0.1, -0.05) is 0 Å². The Morgan fingerprint density at radius 1 is 1.27 bits per heavy atom. The molecule has 0 aromatic carbocycles. The van der Waals surface area contributed by atoms with Gasteiger partial charge < -0.3 is 19.5 Å². The van der Waals surface area contributed by atoms with E-state index in [0.717, 1.165) is 32.5 Å². The van der Waals surface area contributed by atoms with Crippen molar-refractivity contribution in [2.24, 2.45) is 0 Å². The molecule has 0 bridgehead atoms. The van der Waals surface area contributed by atoms with Gasteiger partial charge in [-0.15, -0.1) is 0 Å². The van der Waals surface area contributed by atoms with E-state index in [4.69, 9.17) is 14.2 Å². The van der Waals surface area contributed by atoms with Gasteiger partial charge in [-0.05, 0) is 26.8 Å². The fraction of sp³-hybridized carbons (Fsp3) is 1.00. The van der Waals surface area contributed by atoms with Crippen molar-refractivity contribution in [2.45, 2.75) is 39.1 Å². The minimum absolute atomic E-state index is 0.102. The van der Waals surface area contributed by atoms with Gasteiger partial charge in [0, 0.05) is 26.2 Å². The van der Waals surface area contributed by atoms with Gasteiger partial charge in [-0.3, -0.25) is 0 Å². The molecule has 0 radical (unpaired) electrons. The first-order valence-corrected chi connectivity index (χ1v) is 5.92. The topological polar surface area (TPSA) is 39.7 Å². The molecule has 1 heterocycles. The van der Waals surface area contributed by atoms with Gasteiger partial charge >= 0.3 is 0 Å². The van der Waals surface area contributed by atoms with Crippen LogP contribution < -0.4 is 5.32 Å². The first kappa shape index (κ1) is 12.9. The molecule has 0 aliphatic carbocycles. The lowest BCUT2D eigenvalue weighted by molar-refractivity contribution is -0.148. The second-order valence-corrected chi connectivity index (χ2v) is 3.61. The van der Waals surface area contributed by atoms with Crippen LogP contribution in [0.2, 0.25) is 0 Å². The minimum atomic E-state index is -0.102. The number of hydrogen-bond donors (Lipinski definition) is 1. The second-order valence-electron chi connectivity index (χ2n) is 3.61. The van der Waals surface area contributed by atoms with E-state index in [1.807, 2.05) is 13.8 Å². The monoisotopic (exact) mass is 217 g/mol. The number of rotatable bonds is 8. The third-order valence-corrected chi connectivity index (χ3v) is 2.43. The average molecular weight is 217 g/mol. The maximum absolute atomic E-state index is 5.70. The predicted octanol–water partition coefficient (Wildman–Crippen LogP) is 1.15. The van der Waals surface area contributed by atoms with E-state index in [2.05, 4.69) is 5.32 Å². The highest BCUT2D eigenvalue weighted by molar-refractivity contribution is 4.70. The molecule has 1 aliphatic rings. The Morgan fingerprint density at radius 2 is 2.00 bits per heavy atom. The van der Waals surface area contributed by atoms with Crippen molar-refractivity contribution in [2.75, 3.05) is 32.9 Å². The Morgan fingerprint density at radius 3 is 2.53 bits per heavy atom. The molecule has 0 aromatic heterocycles. The molecule has 0 aromatic rings. The molecule has 1 atom stereocenters. The number of nitrogens with one attached hydrogen (secondary N) is 1. The smallest absolute Gasteiger partial charge is 0.159 e. The van der Waals surface area contributed by atoms with Crippen LogP contribution in [0.4, 0.5) is 0 Å². The van der Waals surface area contributed by atoms with Gasteiger partial charge in [-0.25, -0.2) is 0 Å². The molecule has 15 heavy (non-hydrogen) atoms. The van der Waals surface area contributed by atoms with Crippen molar-refractivity contribution in [1.82, 2.24) is 5.32 Å². The van der Waals surface area contributed by atoms with E-state index in [-0.39, 0.29) is 6.29 Å². The fourth-order valence-electron chi connectivity index (χ4n) is 1.69. The predicted molar refractivity (Wildman–Crippen MR) is 58.9 cm³/mol. The highest BCUT2D eigenvalue weighted by Gasteiger charge is 2.15. The first-order chi connectivity index (χ1) is 7.36. The molecular formula is C11H23NO3. The van der Waals surface area contributed by atoms with Crippen LogP contribution in [-0.4, -0.2) is 45.3 Å². The lowest BCUT2D eigenvalue weighted by Crippen LogP contribution is -2.23. The molecule has 1 rings (SSSR count). The molecule has 0 saturated carbocycles. The van der Waals surface area contributed by atoms with Crippen LogP contribution in [0.1, 0.15) is 26.7 Å². The van der Waals surface area contributed by atoms with Crippen LogP contribution in [-0.2, 0) is 14.2 Å². The molecule has 4 nitrogen and oxygen atoms in total. The summed E-state index contributed by atoms with van der Waals surface area (Å²) in [6.45, 7) is 8.11. The molecule has 90 valence electrons. The van der Waals surface area contributed by atoms with E-state index in [0.29, 0.717) is 19.3 Å². The number of hydrogen-bond acceptors (Lipinski definition) is 4. The van der Waals surface area contributed by atoms with E-state index < -0.39 is 0 Å². The Bertz CT molecular complexity index is 143. The lowest BCUT2D eigenvalue weighted by atomic mass is 10.3. The molecular weight excluding hydrogens is 194 g/mol. The largest absolute Gasteiger partial charge is 0.377 e. The van der Waals surface area contributed by atoms with Gasteiger partial charge in [0.1, 0.15) is 0 Å². The Balaban J connectivity index is 2.04. The van der Waals surface area contributed by atoms with Crippen molar-refractivity contribution < 1.29 is 14.2 Å². The highest BCUT2D eigenvalue weighted by Crippen LogP contribution is 2.06. The van der Waals surface area contributed by atoms with Crippen LogP contribution in [0, 0.1) is 0 Å². The fourth-order valence-corrected chi connectivity index (χ4v) is 1.69. The van der Waals surface area contributed by atoms with Crippen molar-refractivity contribution >= 4 is 0 Å². The Labute approximate surface area is 92.3 Å². The van der Waals surface area contributed by atoms with Crippen LogP contribution in [0.5, 0.6) is 0 Å². The molecule has 1 saturated heterocycles. The van der Waals surface area contributed by atoms with Crippen molar-refractivity contribution in [1.29, 1.82) is 0 Å². The molecule has 0 amide bonds. The SMILES string of the molecule is CCOC(CCOC1CCNC1)OCC. The summed E-state index contributed by atoms with van der Waals surface area (Å²) >= 11 is 0. The van der Waals surface area contributed by atoms with Gasteiger partial charge in [0.15, 0.2) is 6.29 Å². The minimum Gasteiger partial charge on any atom is -0.377 e. The highest BCUT2D eigenvalue weighted by atomic mass is 16.7. The molecule has 1 aliphatic heterocycles. The summed E-state index contributed by atoms with van der Waals surface area (Å²) in [6, 6.07) is 0. The van der Waals surface area contributed by atoms with Gasteiger partial charge in [0.2, 0.25) is 0 Å². The van der Waals surface area contributed by atoms with Crippen LogP contribution in [0.3, 0.4) is 0 Å². The van der Waals surface area contributed by atoms with E-state index in [1.165, 1.54) is 0 Å².